The topological polar surface area (TPSA) is 57.7 Å². The number of rotatable bonds is 4. The van der Waals surface area contributed by atoms with Crippen LogP contribution in [0.3, 0.4) is 0 Å². The number of benzene rings is 1. The van der Waals surface area contributed by atoms with Gasteiger partial charge in [0.2, 0.25) is 15.9 Å². The summed E-state index contributed by atoms with van der Waals surface area (Å²) in [5.41, 5.74) is 1.89. The minimum Gasteiger partial charge on any atom is -0.342 e. The highest BCUT2D eigenvalue weighted by Gasteiger charge is 2.33. The lowest BCUT2D eigenvalue weighted by Crippen LogP contribution is -2.44. The van der Waals surface area contributed by atoms with Crippen LogP contribution >= 0.6 is 0 Å². The lowest BCUT2D eigenvalue weighted by Gasteiger charge is -2.32. The molecule has 0 N–H and O–H groups in total. The van der Waals surface area contributed by atoms with Crippen LogP contribution in [0.2, 0.25) is 0 Å². The van der Waals surface area contributed by atoms with Gasteiger partial charge in [-0.1, -0.05) is 29.8 Å². The van der Waals surface area contributed by atoms with Crippen molar-refractivity contribution in [2.24, 2.45) is 5.92 Å². The first-order valence-corrected chi connectivity index (χ1v) is 10.4. The summed E-state index contributed by atoms with van der Waals surface area (Å²) in [5, 5.41) is 0. The molecule has 0 aromatic heterocycles. The van der Waals surface area contributed by atoms with Crippen LogP contribution in [-0.2, 0) is 20.6 Å². The van der Waals surface area contributed by atoms with Gasteiger partial charge in [0.1, 0.15) is 0 Å². The molecular weight excluding hydrogens is 324 g/mol. The second-order valence-corrected chi connectivity index (χ2v) is 8.92. The maximum atomic E-state index is 12.6. The van der Waals surface area contributed by atoms with Gasteiger partial charge >= 0.3 is 0 Å². The summed E-state index contributed by atoms with van der Waals surface area (Å²) in [6, 6.07) is 7.63. The van der Waals surface area contributed by atoms with E-state index in [0.717, 1.165) is 37.1 Å². The normalized spacial score (nSPS) is 20.5. The van der Waals surface area contributed by atoms with E-state index in [-0.39, 0.29) is 17.6 Å². The van der Waals surface area contributed by atoms with E-state index in [0.29, 0.717) is 25.9 Å². The molecule has 132 valence electrons. The first-order valence-electron chi connectivity index (χ1n) is 8.78. The Morgan fingerprint density at radius 2 is 1.79 bits per heavy atom. The molecule has 0 bridgehead atoms. The molecule has 0 atom stereocenters. The van der Waals surface area contributed by atoms with E-state index in [1.165, 1.54) is 0 Å². The van der Waals surface area contributed by atoms with Crippen molar-refractivity contribution < 1.29 is 13.2 Å². The molecule has 1 amide bonds. The Balaban J connectivity index is 1.58. The summed E-state index contributed by atoms with van der Waals surface area (Å²) in [7, 11) is -3.31. The van der Waals surface area contributed by atoms with Crippen LogP contribution in [0.4, 0.5) is 0 Å². The van der Waals surface area contributed by atoms with Crippen molar-refractivity contribution in [1.29, 1.82) is 0 Å². The van der Waals surface area contributed by atoms with Crippen molar-refractivity contribution in [2.45, 2.75) is 38.4 Å². The number of amides is 1. The largest absolute Gasteiger partial charge is 0.342 e. The Hall–Kier alpha value is -1.40. The standard InChI is InChI=1S/C18H26N2O3S/c1-15-5-4-6-16(13-15)14-24(22,23)20-11-7-17(8-12-20)18(21)19-9-2-3-10-19/h4-6,13,17H,2-3,7-12,14H2,1H3. The van der Waals surface area contributed by atoms with E-state index in [1.54, 1.807) is 4.31 Å². The molecule has 2 saturated heterocycles. The van der Waals surface area contributed by atoms with Gasteiger partial charge in [-0.2, -0.15) is 0 Å². The number of likely N-dealkylation sites (tertiary alicyclic amines) is 1. The highest BCUT2D eigenvalue weighted by molar-refractivity contribution is 7.88. The van der Waals surface area contributed by atoms with Crippen LogP contribution in [-0.4, -0.2) is 49.7 Å². The molecule has 2 fully saturated rings. The minimum absolute atomic E-state index is 0.00600. The quantitative estimate of drug-likeness (QED) is 0.836. The number of hydrogen-bond acceptors (Lipinski definition) is 3. The van der Waals surface area contributed by atoms with Gasteiger partial charge < -0.3 is 4.90 Å². The summed E-state index contributed by atoms with van der Waals surface area (Å²) in [4.78, 5) is 14.4. The second kappa shape index (κ2) is 7.23. The van der Waals surface area contributed by atoms with E-state index in [9.17, 15) is 13.2 Å². The zero-order valence-electron chi connectivity index (χ0n) is 14.3. The molecule has 0 radical (unpaired) electrons. The van der Waals surface area contributed by atoms with E-state index in [2.05, 4.69) is 0 Å². The molecule has 1 aromatic carbocycles. The molecule has 0 aliphatic carbocycles. The highest BCUT2D eigenvalue weighted by Crippen LogP contribution is 2.25. The summed E-state index contributed by atoms with van der Waals surface area (Å²) in [5.74, 6) is 0.260. The summed E-state index contributed by atoms with van der Waals surface area (Å²) >= 11 is 0. The van der Waals surface area contributed by atoms with Gasteiger partial charge in [0, 0.05) is 32.1 Å². The van der Waals surface area contributed by atoms with Gasteiger partial charge in [0.15, 0.2) is 0 Å². The average molecular weight is 350 g/mol. The smallest absolute Gasteiger partial charge is 0.225 e. The number of aryl methyl sites for hydroxylation is 1. The van der Waals surface area contributed by atoms with Gasteiger partial charge in [0.05, 0.1) is 5.75 Å². The number of carbonyl (C=O) groups excluding carboxylic acids is 1. The number of carbonyl (C=O) groups is 1. The van der Waals surface area contributed by atoms with Crippen LogP contribution in [0, 0.1) is 12.8 Å². The minimum atomic E-state index is -3.31. The SMILES string of the molecule is Cc1cccc(CS(=O)(=O)N2CCC(C(=O)N3CCCC3)CC2)c1. The van der Waals surface area contributed by atoms with Gasteiger partial charge in [-0.3, -0.25) is 4.79 Å². The Kier molecular flexibility index (Phi) is 5.25. The number of nitrogens with zero attached hydrogens (tertiary/aromatic N) is 2. The zero-order chi connectivity index (χ0) is 17.2. The molecule has 24 heavy (non-hydrogen) atoms. The van der Waals surface area contributed by atoms with Crippen molar-refractivity contribution in [3.63, 3.8) is 0 Å². The van der Waals surface area contributed by atoms with Gasteiger partial charge in [-0.15, -0.1) is 0 Å². The molecule has 0 unspecified atom stereocenters. The third-order valence-electron chi connectivity index (χ3n) is 5.05. The number of piperidine rings is 1. The first-order chi connectivity index (χ1) is 11.5. The van der Waals surface area contributed by atoms with Crippen LogP contribution in [0.15, 0.2) is 24.3 Å². The lowest BCUT2D eigenvalue weighted by molar-refractivity contribution is -0.135. The van der Waals surface area contributed by atoms with Crippen LogP contribution in [0.25, 0.3) is 0 Å². The van der Waals surface area contributed by atoms with E-state index >= 15 is 0 Å². The molecule has 1 aromatic rings. The summed E-state index contributed by atoms with van der Waals surface area (Å²) < 4.78 is 26.8. The van der Waals surface area contributed by atoms with Crippen LogP contribution in [0.5, 0.6) is 0 Å². The maximum Gasteiger partial charge on any atom is 0.225 e. The second-order valence-electron chi connectivity index (χ2n) is 6.95. The number of sulfonamides is 1. The van der Waals surface area contributed by atoms with Crippen LogP contribution < -0.4 is 0 Å². The molecule has 5 nitrogen and oxygen atoms in total. The van der Waals surface area contributed by atoms with Crippen molar-refractivity contribution >= 4 is 15.9 Å². The van der Waals surface area contributed by atoms with E-state index in [1.807, 2.05) is 36.1 Å². The monoisotopic (exact) mass is 350 g/mol. The Bertz CT molecular complexity index is 688. The van der Waals surface area contributed by atoms with Crippen molar-refractivity contribution in [3.05, 3.63) is 35.4 Å². The van der Waals surface area contributed by atoms with E-state index in [4.69, 9.17) is 0 Å². The summed E-state index contributed by atoms with van der Waals surface area (Å²) in [6.45, 7) is 4.61. The highest BCUT2D eigenvalue weighted by atomic mass is 32.2. The molecule has 2 aliphatic rings. The van der Waals surface area contributed by atoms with Crippen molar-refractivity contribution in [3.8, 4) is 0 Å². The third kappa shape index (κ3) is 3.98. The van der Waals surface area contributed by atoms with Crippen molar-refractivity contribution in [2.75, 3.05) is 26.2 Å². The Morgan fingerprint density at radius 1 is 1.12 bits per heavy atom. The molecule has 0 saturated carbocycles. The summed E-state index contributed by atoms with van der Waals surface area (Å²) in [6.07, 6.45) is 3.47. The number of hydrogen-bond donors (Lipinski definition) is 0. The lowest BCUT2D eigenvalue weighted by atomic mass is 9.97. The molecule has 2 heterocycles. The molecule has 2 aliphatic heterocycles. The fourth-order valence-corrected chi connectivity index (χ4v) is 5.23. The van der Waals surface area contributed by atoms with Crippen molar-refractivity contribution in [1.82, 2.24) is 9.21 Å². The molecule has 3 rings (SSSR count). The Labute approximate surface area is 144 Å². The average Bonchev–Trinajstić information content (AvgIpc) is 3.08. The van der Waals surface area contributed by atoms with Gasteiger partial charge in [-0.25, -0.2) is 12.7 Å². The van der Waals surface area contributed by atoms with E-state index < -0.39 is 10.0 Å². The predicted molar refractivity (Wildman–Crippen MR) is 93.9 cm³/mol. The van der Waals surface area contributed by atoms with Gasteiger partial charge in [0.25, 0.3) is 0 Å². The predicted octanol–water partition coefficient (Wildman–Crippen LogP) is 2.16. The molecule has 6 heteroatoms. The van der Waals surface area contributed by atoms with Crippen LogP contribution in [0.1, 0.15) is 36.8 Å². The Morgan fingerprint density at radius 3 is 2.42 bits per heavy atom. The fraction of sp³-hybridized carbons (Fsp3) is 0.611. The fourth-order valence-electron chi connectivity index (χ4n) is 3.68. The maximum absolute atomic E-state index is 12.6. The first kappa shape index (κ1) is 17.4. The van der Waals surface area contributed by atoms with Gasteiger partial charge in [-0.05, 0) is 38.2 Å². The zero-order valence-corrected chi connectivity index (χ0v) is 15.1. The molecular formula is C18H26N2O3S. The third-order valence-corrected chi connectivity index (χ3v) is 6.90. The molecule has 0 spiro atoms.